The molecular formula is C30H43ClN5O7+. The van der Waals surface area contributed by atoms with Crippen LogP contribution in [-0.2, 0) is 28.5 Å². The molecule has 43 heavy (non-hydrogen) atoms. The fourth-order valence-corrected chi connectivity index (χ4v) is 3.93. The van der Waals surface area contributed by atoms with Crippen LogP contribution in [0.25, 0.3) is 0 Å². The number of nitriles is 1. The van der Waals surface area contributed by atoms with Gasteiger partial charge in [0.05, 0.1) is 51.9 Å². The summed E-state index contributed by atoms with van der Waals surface area (Å²) >= 11 is 5.90. The topological polar surface area (TPSA) is 142 Å². The predicted molar refractivity (Wildman–Crippen MR) is 162 cm³/mol. The van der Waals surface area contributed by atoms with E-state index in [1.165, 1.54) is 6.92 Å². The van der Waals surface area contributed by atoms with E-state index < -0.39 is 12.4 Å². The number of nitrogens with zero attached hydrogens (tertiary/aromatic N) is 4. The molecule has 0 fully saturated rings. The molecule has 236 valence electrons. The molecule has 2 rings (SSSR count). The average molecular weight is 621 g/mol. The number of aromatic nitrogens is 1. The van der Waals surface area contributed by atoms with Crippen molar-refractivity contribution in [2.24, 2.45) is 10.7 Å². The molecule has 13 heteroatoms. The molecule has 2 N–H and O–H groups in total. The van der Waals surface area contributed by atoms with Gasteiger partial charge in [-0.25, -0.2) is 0 Å². The molecule has 0 saturated carbocycles. The Labute approximate surface area is 258 Å². The fourth-order valence-electron chi connectivity index (χ4n) is 3.80. The fraction of sp³-hybridized carbons (Fsp3) is 0.533. The summed E-state index contributed by atoms with van der Waals surface area (Å²) in [6.07, 6.45) is 7.82. The van der Waals surface area contributed by atoms with Crippen molar-refractivity contribution in [3.8, 4) is 11.9 Å². The maximum atomic E-state index is 11.7. The van der Waals surface area contributed by atoms with E-state index in [1.54, 1.807) is 52.3 Å². The van der Waals surface area contributed by atoms with E-state index in [2.05, 4.69) is 4.99 Å². The molecule has 0 amide bonds. The number of pyridine rings is 1. The third-order valence-electron chi connectivity index (χ3n) is 5.89. The number of guanidine groups is 1. The van der Waals surface area contributed by atoms with Crippen molar-refractivity contribution in [1.29, 1.82) is 5.26 Å². The molecule has 0 aliphatic carbocycles. The zero-order valence-corrected chi connectivity index (χ0v) is 25.7. The molecular weight excluding hydrogens is 578 g/mol. The van der Waals surface area contributed by atoms with Crippen molar-refractivity contribution in [3.63, 3.8) is 0 Å². The summed E-state index contributed by atoms with van der Waals surface area (Å²) in [6, 6.07) is 10.9. The molecule has 0 saturated heterocycles. The molecule has 1 heterocycles. The minimum absolute atomic E-state index is 0.0955. The molecule has 1 aromatic carbocycles. The molecule has 1 unspecified atom stereocenters. The maximum Gasteiger partial charge on any atom is 0.426 e. The number of carbonyl (C=O) groups excluding carboxylic acids is 1. The number of benzene rings is 1. The number of halogens is 1. The van der Waals surface area contributed by atoms with Gasteiger partial charge in [-0.15, -0.1) is 9.56 Å². The minimum Gasteiger partial charge on any atom is -0.494 e. The highest BCUT2D eigenvalue weighted by Gasteiger charge is 2.23. The first-order valence-electron chi connectivity index (χ1n) is 14.4. The molecule has 0 aliphatic heterocycles. The second-order valence-electron chi connectivity index (χ2n) is 9.15. The molecule has 2 aromatic rings. The Balaban J connectivity index is 1.82. The van der Waals surface area contributed by atoms with Crippen molar-refractivity contribution < 1.29 is 37.8 Å². The van der Waals surface area contributed by atoms with Gasteiger partial charge in [0.2, 0.25) is 12.2 Å². The van der Waals surface area contributed by atoms with Crippen LogP contribution in [0.1, 0.15) is 45.9 Å². The van der Waals surface area contributed by atoms with Crippen molar-refractivity contribution in [2.75, 3.05) is 64.3 Å². The van der Waals surface area contributed by atoms with Gasteiger partial charge in [0.15, 0.2) is 12.4 Å². The number of anilines is 1. The van der Waals surface area contributed by atoms with Crippen LogP contribution in [-0.4, -0.2) is 71.3 Å². The Morgan fingerprint density at radius 1 is 0.953 bits per heavy atom. The average Bonchev–Trinajstić information content (AvgIpc) is 3.00. The first-order valence-corrected chi connectivity index (χ1v) is 14.7. The van der Waals surface area contributed by atoms with E-state index in [-0.39, 0.29) is 12.6 Å². The van der Waals surface area contributed by atoms with E-state index >= 15 is 0 Å². The predicted octanol–water partition coefficient (Wildman–Crippen LogP) is 3.97. The quantitative estimate of drug-likeness (QED) is 0.0391. The lowest BCUT2D eigenvalue weighted by atomic mass is 10.2. The second kappa shape index (κ2) is 22.1. The van der Waals surface area contributed by atoms with Gasteiger partial charge in [0, 0.05) is 37.2 Å². The van der Waals surface area contributed by atoms with Gasteiger partial charge in [-0.3, -0.25) is 9.53 Å². The van der Waals surface area contributed by atoms with E-state index in [1.807, 2.05) is 19.1 Å². The lowest BCUT2D eigenvalue weighted by molar-refractivity contribution is -0.799. The summed E-state index contributed by atoms with van der Waals surface area (Å²) in [5.41, 5.74) is 6.83. The van der Waals surface area contributed by atoms with Gasteiger partial charge in [-0.2, -0.15) is 5.26 Å². The standard InChI is InChI=1S/C30H43ClN5O7/c1-3-38-18-19-39-20-21-40-22-23-42-30(43-25(2)37)35-15-12-27(13-16-35)36(29(33)34-24-32)14-6-4-5-7-17-41-28-10-8-26(31)9-11-28/h8-13,15-16,30H,3-7,14,17-23H2,1-2H3,(H2,33,34)/q+1. The molecule has 1 aromatic heterocycles. The zero-order valence-electron chi connectivity index (χ0n) is 25.0. The number of hydrogen-bond donors (Lipinski definition) is 1. The minimum atomic E-state index is -0.980. The van der Waals surface area contributed by atoms with Crippen molar-refractivity contribution in [2.45, 2.75) is 45.9 Å². The summed E-state index contributed by atoms with van der Waals surface area (Å²) in [4.78, 5) is 17.2. The Bertz CT molecular complexity index is 1110. The summed E-state index contributed by atoms with van der Waals surface area (Å²) in [5.74, 6) is 0.399. The third-order valence-corrected chi connectivity index (χ3v) is 6.14. The molecule has 0 aliphatic rings. The van der Waals surface area contributed by atoms with Crippen LogP contribution < -0.4 is 19.9 Å². The third kappa shape index (κ3) is 15.5. The van der Waals surface area contributed by atoms with Crippen molar-refractivity contribution in [1.82, 2.24) is 0 Å². The number of nitrogens with two attached hydrogens (primary N) is 1. The zero-order chi connectivity index (χ0) is 31.1. The van der Waals surface area contributed by atoms with E-state index in [0.29, 0.717) is 57.8 Å². The number of hydrogen-bond acceptors (Lipinski definition) is 9. The van der Waals surface area contributed by atoms with Gasteiger partial charge >= 0.3 is 12.4 Å². The summed E-state index contributed by atoms with van der Waals surface area (Å²) in [7, 11) is 0. The van der Waals surface area contributed by atoms with Gasteiger partial charge < -0.3 is 34.3 Å². The Kier molecular flexibility index (Phi) is 18.4. The Morgan fingerprint density at radius 3 is 2.21 bits per heavy atom. The highest BCUT2D eigenvalue weighted by molar-refractivity contribution is 6.30. The lowest BCUT2D eigenvalue weighted by Crippen LogP contribution is -2.44. The summed E-state index contributed by atoms with van der Waals surface area (Å²) < 4.78 is 34.5. The largest absolute Gasteiger partial charge is 0.494 e. The smallest absolute Gasteiger partial charge is 0.426 e. The summed E-state index contributed by atoms with van der Waals surface area (Å²) in [6.45, 7) is 7.51. The van der Waals surface area contributed by atoms with E-state index in [9.17, 15) is 4.79 Å². The van der Waals surface area contributed by atoms with Gasteiger partial charge in [0.25, 0.3) is 0 Å². The first-order chi connectivity index (χ1) is 20.9. The van der Waals surface area contributed by atoms with Crippen LogP contribution >= 0.6 is 11.6 Å². The maximum absolute atomic E-state index is 11.7. The van der Waals surface area contributed by atoms with Crippen LogP contribution in [0.5, 0.6) is 5.75 Å². The number of carbonyl (C=O) groups is 1. The molecule has 0 spiro atoms. The van der Waals surface area contributed by atoms with Crippen LogP contribution in [0.15, 0.2) is 53.8 Å². The van der Waals surface area contributed by atoms with Crippen LogP contribution in [0.2, 0.25) is 5.02 Å². The number of aliphatic imine (C=N–C) groups is 1. The molecule has 12 nitrogen and oxygen atoms in total. The monoisotopic (exact) mass is 620 g/mol. The van der Waals surface area contributed by atoms with Gasteiger partial charge in [-0.05, 0) is 44.0 Å². The van der Waals surface area contributed by atoms with Crippen LogP contribution in [0.4, 0.5) is 5.69 Å². The normalized spacial score (nSPS) is 12.0. The first kappa shape index (κ1) is 35.7. The van der Waals surface area contributed by atoms with Crippen LogP contribution in [0.3, 0.4) is 0 Å². The highest BCUT2D eigenvalue weighted by Crippen LogP contribution is 2.17. The Hall–Kier alpha value is -3.47. The van der Waals surface area contributed by atoms with E-state index in [0.717, 1.165) is 37.1 Å². The van der Waals surface area contributed by atoms with Crippen LogP contribution in [0, 0.1) is 11.5 Å². The van der Waals surface area contributed by atoms with Gasteiger partial charge in [0.1, 0.15) is 5.75 Å². The number of unbranched alkanes of at least 4 members (excludes halogenated alkanes) is 3. The Morgan fingerprint density at radius 2 is 1.58 bits per heavy atom. The highest BCUT2D eigenvalue weighted by atomic mass is 35.5. The van der Waals surface area contributed by atoms with Gasteiger partial charge in [-0.1, -0.05) is 24.4 Å². The van der Waals surface area contributed by atoms with Crippen molar-refractivity contribution in [3.05, 3.63) is 53.8 Å². The number of rotatable bonds is 22. The van der Waals surface area contributed by atoms with E-state index in [4.69, 9.17) is 51.0 Å². The molecule has 0 bridgehead atoms. The van der Waals surface area contributed by atoms with Crippen molar-refractivity contribution >= 4 is 29.2 Å². The lowest BCUT2D eigenvalue weighted by Gasteiger charge is -2.22. The second-order valence-corrected chi connectivity index (χ2v) is 9.59. The number of ether oxygens (including phenoxy) is 6. The number of esters is 1. The molecule has 1 atom stereocenters. The summed E-state index contributed by atoms with van der Waals surface area (Å²) in [5, 5.41) is 9.72. The SMILES string of the molecule is CCOCCOCCOCCOC(OC(C)=O)[n+]1ccc(N(CCCCCCOc2ccc(Cl)cc2)C(N)=NC#N)cc1. The molecule has 0 radical (unpaired) electrons.